The number of carbonyl (C=O) groups excluding carboxylic acids is 3. The lowest BCUT2D eigenvalue weighted by molar-refractivity contribution is -0.116. The fourth-order valence-corrected chi connectivity index (χ4v) is 3.31. The van der Waals surface area contributed by atoms with E-state index in [9.17, 15) is 19.5 Å². The number of benzene rings is 3. The third-order valence-electron chi connectivity index (χ3n) is 4.82. The summed E-state index contributed by atoms with van der Waals surface area (Å²) in [5.74, 6) is -1.25. The summed E-state index contributed by atoms with van der Waals surface area (Å²) in [4.78, 5) is 38.2. The van der Waals surface area contributed by atoms with Crippen molar-refractivity contribution in [2.45, 2.75) is 6.42 Å². The van der Waals surface area contributed by atoms with Crippen LogP contribution in [-0.4, -0.2) is 34.3 Å². The van der Waals surface area contributed by atoms with E-state index in [4.69, 9.17) is 0 Å². The molecular weight excluding hydrogens is 368 g/mol. The molecule has 3 aromatic carbocycles. The van der Waals surface area contributed by atoms with Gasteiger partial charge in [0.25, 0.3) is 11.8 Å². The zero-order valence-electron chi connectivity index (χ0n) is 15.5. The van der Waals surface area contributed by atoms with Crippen molar-refractivity contribution in [2.24, 2.45) is 0 Å². The lowest BCUT2D eigenvalue weighted by atomic mass is 10.0. The van der Waals surface area contributed by atoms with E-state index in [0.29, 0.717) is 11.1 Å². The van der Waals surface area contributed by atoms with Crippen LogP contribution in [0.4, 0.5) is 5.69 Å². The number of nitrogens with zero attached hydrogens (tertiary/aromatic N) is 1. The molecule has 0 unspecified atom stereocenters. The Morgan fingerprint density at radius 3 is 2.10 bits per heavy atom. The van der Waals surface area contributed by atoms with Gasteiger partial charge < -0.3 is 10.4 Å². The van der Waals surface area contributed by atoms with E-state index in [1.807, 2.05) is 30.3 Å². The zero-order valence-corrected chi connectivity index (χ0v) is 15.5. The molecule has 0 radical (unpaired) electrons. The second-order valence-electron chi connectivity index (χ2n) is 6.70. The Labute approximate surface area is 167 Å². The quantitative estimate of drug-likeness (QED) is 0.517. The first kappa shape index (κ1) is 18.4. The van der Waals surface area contributed by atoms with Crippen molar-refractivity contribution < 1.29 is 19.5 Å². The van der Waals surface area contributed by atoms with Gasteiger partial charge in [-0.2, -0.15) is 0 Å². The van der Waals surface area contributed by atoms with Crippen LogP contribution in [0.15, 0.2) is 72.8 Å². The molecule has 4 rings (SSSR count). The number of imide groups is 1. The van der Waals surface area contributed by atoms with E-state index in [1.54, 1.807) is 36.4 Å². The highest BCUT2D eigenvalue weighted by Gasteiger charge is 2.34. The highest BCUT2D eigenvalue weighted by Crippen LogP contribution is 2.30. The minimum atomic E-state index is -0.401. The number of fused-ring (bicyclic) bond motifs is 1. The average Bonchev–Trinajstić information content (AvgIpc) is 2.99. The van der Waals surface area contributed by atoms with Crippen molar-refractivity contribution in [1.29, 1.82) is 0 Å². The predicted octanol–water partition coefficient (Wildman–Crippen LogP) is 3.68. The Kier molecular flexibility index (Phi) is 4.83. The second-order valence-corrected chi connectivity index (χ2v) is 6.70. The number of hydrogen-bond donors (Lipinski definition) is 2. The number of amides is 3. The molecule has 1 aliphatic heterocycles. The zero-order chi connectivity index (χ0) is 20.4. The van der Waals surface area contributed by atoms with E-state index in [1.165, 1.54) is 6.07 Å². The minimum Gasteiger partial charge on any atom is -0.506 e. The molecule has 0 aromatic heterocycles. The first-order valence-corrected chi connectivity index (χ1v) is 9.18. The summed E-state index contributed by atoms with van der Waals surface area (Å²) >= 11 is 0. The lowest BCUT2D eigenvalue weighted by Crippen LogP contribution is -2.32. The normalized spacial score (nSPS) is 12.8. The fraction of sp³-hybridized carbons (Fsp3) is 0.0870. The van der Waals surface area contributed by atoms with Gasteiger partial charge in [-0.1, -0.05) is 48.5 Å². The molecule has 6 nitrogen and oxygen atoms in total. The summed E-state index contributed by atoms with van der Waals surface area (Å²) < 4.78 is 0. The van der Waals surface area contributed by atoms with E-state index in [-0.39, 0.29) is 24.4 Å². The Morgan fingerprint density at radius 1 is 0.828 bits per heavy atom. The van der Waals surface area contributed by atoms with Crippen molar-refractivity contribution in [3.05, 3.63) is 83.9 Å². The fourth-order valence-electron chi connectivity index (χ4n) is 3.31. The maximum absolute atomic E-state index is 12.4. The molecule has 2 N–H and O–H groups in total. The maximum atomic E-state index is 12.4. The number of nitrogens with one attached hydrogen (secondary N) is 1. The van der Waals surface area contributed by atoms with Gasteiger partial charge in [0.15, 0.2) is 0 Å². The van der Waals surface area contributed by atoms with E-state index >= 15 is 0 Å². The van der Waals surface area contributed by atoms with Crippen LogP contribution in [0.5, 0.6) is 5.75 Å². The molecular formula is C23H18N2O4. The number of aromatic hydroxyl groups is 1. The van der Waals surface area contributed by atoms with E-state index in [0.717, 1.165) is 16.0 Å². The molecule has 3 amide bonds. The Balaban J connectivity index is 1.43. The van der Waals surface area contributed by atoms with Crippen molar-refractivity contribution in [1.82, 2.24) is 4.90 Å². The summed E-state index contributed by atoms with van der Waals surface area (Å²) in [5.41, 5.74) is 2.78. The number of phenols is 1. The first-order chi connectivity index (χ1) is 14.0. The van der Waals surface area contributed by atoms with Gasteiger partial charge in [0, 0.05) is 13.0 Å². The Morgan fingerprint density at radius 2 is 1.45 bits per heavy atom. The minimum absolute atomic E-state index is 0.0304. The molecule has 0 saturated carbocycles. The molecule has 0 bridgehead atoms. The summed E-state index contributed by atoms with van der Waals surface area (Å²) in [6.07, 6.45) is -0.0690. The van der Waals surface area contributed by atoms with Crippen LogP contribution in [0.25, 0.3) is 11.1 Å². The van der Waals surface area contributed by atoms with Gasteiger partial charge in [0.1, 0.15) is 5.75 Å². The third kappa shape index (κ3) is 3.60. The van der Waals surface area contributed by atoms with Gasteiger partial charge in [-0.05, 0) is 35.4 Å². The highest BCUT2D eigenvalue weighted by atomic mass is 16.3. The van der Waals surface area contributed by atoms with Gasteiger partial charge >= 0.3 is 0 Å². The molecule has 6 heteroatoms. The molecule has 0 fully saturated rings. The highest BCUT2D eigenvalue weighted by molar-refractivity contribution is 6.21. The number of hydrogen-bond acceptors (Lipinski definition) is 4. The standard InChI is InChI=1S/C23H18N2O4/c26-20-11-10-16(15-6-2-1-3-7-15)14-19(20)24-21(27)12-13-25-22(28)17-8-4-5-9-18(17)23(25)29/h1-11,14,26H,12-13H2,(H,24,27). The topological polar surface area (TPSA) is 86.7 Å². The molecule has 0 aliphatic carbocycles. The number of carbonyl (C=O) groups is 3. The van der Waals surface area contributed by atoms with Crippen LogP contribution in [0.3, 0.4) is 0 Å². The smallest absolute Gasteiger partial charge is 0.261 e. The monoisotopic (exact) mass is 386 g/mol. The molecule has 1 heterocycles. The molecule has 29 heavy (non-hydrogen) atoms. The van der Waals surface area contributed by atoms with Crippen LogP contribution in [-0.2, 0) is 4.79 Å². The van der Waals surface area contributed by atoms with Gasteiger partial charge in [-0.25, -0.2) is 0 Å². The summed E-state index contributed by atoms with van der Waals surface area (Å²) in [5, 5.41) is 12.7. The number of rotatable bonds is 5. The van der Waals surface area contributed by atoms with Crippen molar-refractivity contribution in [2.75, 3.05) is 11.9 Å². The van der Waals surface area contributed by atoms with Gasteiger partial charge in [-0.3, -0.25) is 19.3 Å². The van der Waals surface area contributed by atoms with E-state index in [2.05, 4.69) is 5.32 Å². The first-order valence-electron chi connectivity index (χ1n) is 9.18. The lowest BCUT2D eigenvalue weighted by Gasteiger charge is -2.14. The van der Waals surface area contributed by atoms with Crippen LogP contribution < -0.4 is 5.32 Å². The molecule has 144 valence electrons. The second kappa shape index (κ2) is 7.59. The SMILES string of the molecule is O=C(CCN1C(=O)c2ccccc2C1=O)Nc1cc(-c2ccccc2)ccc1O. The van der Waals surface area contributed by atoms with Crippen LogP contribution >= 0.6 is 0 Å². The van der Waals surface area contributed by atoms with Crippen LogP contribution in [0.1, 0.15) is 27.1 Å². The molecule has 3 aromatic rings. The van der Waals surface area contributed by atoms with Gasteiger partial charge in [0.05, 0.1) is 16.8 Å². The van der Waals surface area contributed by atoms with Crippen LogP contribution in [0.2, 0.25) is 0 Å². The number of phenolic OH excluding ortho intramolecular Hbond substituents is 1. The average molecular weight is 386 g/mol. The van der Waals surface area contributed by atoms with E-state index < -0.39 is 17.7 Å². The third-order valence-corrected chi connectivity index (χ3v) is 4.82. The summed E-state index contributed by atoms with van der Waals surface area (Å²) in [7, 11) is 0. The molecule has 0 spiro atoms. The molecule has 0 atom stereocenters. The Bertz CT molecular complexity index is 1070. The largest absolute Gasteiger partial charge is 0.506 e. The maximum Gasteiger partial charge on any atom is 0.261 e. The molecule has 1 aliphatic rings. The van der Waals surface area contributed by atoms with Crippen LogP contribution in [0, 0.1) is 0 Å². The number of anilines is 1. The van der Waals surface area contributed by atoms with Gasteiger partial charge in [0.2, 0.25) is 5.91 Å². The van der Waals surface area contributed by atoms with Crippen molar-refractivity contribution >= 4 is 23.4 Å². The predicted molar refractivity (Wildman–Crippen MR) is 109 cm³/mol. The van der Waals surface area contributed by atoms with Crippen molar-refractivity contribution in [3.63, 3.8) is 0 Å². The summed E-state index contributed by atoms with van der Waals surface area (Å²) in [6, 6.07) is 21.1. The summed E-state index contributed by atoms with van der Waals surface area (Å²) in [6.45, 7) is -0.0304. The van der Waals surface area contributed by atoms with Crippen molar-refractivity contribution in [3.8, 4) is 16.9 Å². The Hall–Kier alpha value is -3.93. The molecule has 0 saturated heterocycles. The van der Waals surface area contributed by atoms with Gasteiger partial charge in [-0.15, -0.1) is 0 Å².